The van der Waals surface area contributed by atoms with Crippen molar-refractivity contribution >= 4 is 11.8 Å². The highest BCUT2D eigenvalue weighted by Gasteiger charge is 2.00. The van der Waals surface area contributed by atoms with E-state index >= 15 is 0 Å². The molecule has 2 heterocycles. The van der Waals surface area contributed by atoms with Gasteiger partial charge in [-0.1, -0.05) is 0 Å². The summed E-state index contributed by atoms with van der Waals surface area (Å²) in [6.45, 7) is 2.67. The molecule has 0 saturated carbocycles. The van der Waals surface area contributed by atoms with Gasteiger partial charge in [-0.15, -0.1) is 0 Å². The molecule has 0 amide bonds. The molecular formula is C12H15N5. The van der Waals surface area contributed by atoms with Crippen LogP contribution in [0.3, 0.4) is 0 Å². The maximum Gasteiger partial charge on any atom is 0.224 e. The van der Waals surface area contributed by atoms with Gasteiger partial charge < -0.3 is 10.6 Å². The van der Waals surface area contributed by atoms with Crippen molar-refractivity contribution in [3.63, 3.8) is 0 Å². The molecule has 0 aliphatic rings. The molecule has 17 heavy (non-hydrogen) atoms. The normalized spacial score (nSPS) is 10.0. The Labute approximate surface area is 100 Å². The molecule has 0 atom stereocenters. The average molecular weight is 229 g/mol. The van der Waals surface area contributed by atoms with Crippen LogP contribution in [-0.2, 0) is 6.54 Å². The second-order valence-corrected chi connectivity index (χ2v) is 3.68. The minimum Gasteiger partial charge on any atom is -0.366 e. The number of hydrogen-bond acceptors (Lipinski definition) is 5. The van der Waals surface area contributed by atoms with E-state index < -0.39 is 0 Å². The Kier molecular flexibility index (Phi) is 3.49. The third kappa shape index (κ3) is 3.14. The zero-order valence-electron chi connectivity index (χ0n) is 9.94. The van der Waals surface area contributed by atoms with Crippen LogP contribution in [0.2, 0.25) is 0 Å². The van der Waals surface area contributed by atoms with Gasteiger partial charge in [0, 0.05) is 37.7 Å². The van der Waals surface area contributed by atoms with Crippen molar-refractivity contribution in [3.05, 3.63) is 41.9 Å². The van der Waals surface area contributed by atoms with Crippen molar-refractivity contribution in [3.8, 4) is 0 Å². The molecule has 0 unspecified atom stereocenters. The minimum absolute atomic E-state index is 0.627. The molecule has 0 fully saturated rings. The van der Waals surface area contributed by atoms with Crippen LogP contribution in [0.1, 0.15) is 11.3 Å². The van der Waals surface area contributed by atoms with Crippen molar-refractivity contribution in [2.45, 2.75) is 13.5 Å². The van der Waals surface area contributed by atoms with Gasteiger partial charge in [0.15, 0.2) is 0 Å². The molecule has 0 aliphatic heterocycles. The molecule has 0 bridgehead atoms. The predicted octanol–water partition coefficient (Wildman–Crippen LogP) is 1.83. The van der Waals surface area contributed by atoms with E-state index in [1.54, 1.807) is 19.4 Å². The van der Waals surface area contributed by atoms with E-state index in [0.717, 1.165) is 18.1 Å². The van der Waals surface area contributed by atoms with E-state index in [0.29, 0.717) is 5.95 Å². The highest BCUT2D eigenvalue weighted by atomic mass is 15.1. The highest BCUT2D eigenvalue weighted by Crippen LogP contribution is 2.10. The Bertz CT molecular complexity index is 484. The standard InChI is InChI=1S/C12H15N5/c1-9-7-11(17-12(13-2)16-9)15-8-10-3-5-14-6-4-10/h3-7H,8H2,1-2H3,(H2,13,15,16,17). The molecule has 5 nitrogen and oxygen atoms in total. The fraction of sp³-hybridized carbons (Fsp3) is 0.250. The van der Waals surface area contributed by atoms with E-state index in [1.165, 1.54) is 5.56 Å². The summed E-state index contributed by atoms with van der Waals surface area (Å²) in [6.07, 6.45) is 3.56. The first kappa shape index (κ1) is 11.3. The monoisotopic (exact) mass is 229 g/mol. The summed E-state index contributed by atoms with van der Waals surface area (Å²) in [5, 5.41) is 6.19. The second-order valence-electron chi connectivity index (χ2n) is 3.68. The Morgan fingerprint density at radius 1 is 1.18 bits per heavy atom. The SMILES string of the molecule is CNc1nc(C)cc(NCc2ccncc2)n1. The number of aromatic nitrogens is 3. The molecule has 2 aromatic heterocycles. The summed E-state index contributed by atoms with van der Waals surface area (Å²) in [6, 6.07) is 5.86. The summed E-state index contributed by atoms with van der Waals surface area (Å²) in [5.41, 5.74) is 2.10. The van der Waals surface area contributed by atoms with Gasteiger partial charge in [0.05, 0.1) is 0 Å². The maximum absolute atomic E-state index is 4.32. The molecule has 0 aliphatic carbocycles. The Morgan fingerprint density at radius 2 is 1.94 bits per heavy atom. The minimum atomic E-state index is 0.627. The molecule has 0 saturated heterocycles. The van der Waals surface area contributed by atoms with Crippen LogP contribution < -0.4 is 10.6 Å². The highest BCUT2D eigenvalue weighted by molar-refractivity contribution is 5.42. The van der Waals surface area contributed by atoms with Gasteiger partial charge >= 0.3 is 0 Å². The zero-order chi connectivity index (χ0) is 12.1. The molecular weight excluding hydrogens is 214 g/mol. The van der Waals surface area contributed by atoms with Crippen LogP contribution in [0.15, 0.2) is 30.6 Å². The summed E-state index contributed by atoms with van der Waals surface area (Å²) in [4.78, 5) is 12.5. The van der Waals surface area contributed by atoms with Crippen molar-refractivity contribution in [2.24, 2.45) is 0 Å². The van der Waals surface area contributed by atoms with E-state index in [1.807, 2.05) is 25.1 Å². The molecule has 0 radical (unpaired) electrons. The Balaban J connectivity index is 2.06. The lowest BCUT2D eigenvalue weighted by atomic mass is 10.3. The van der Waals surface area contributed by atoms with Gasteiger partial charge in [-0.3, -0.25) is 4.98 Å². The largest absolute Gasteiger partial charge is 0.366 e. The van der Waals surface area contributed by atoms with Gasteiger partial charge in [-0.05, 0) is 24.6 Å². The van der Waals surface area contributed by atoms with Crippen LogP contribution in [0.5, 0.6) is 0 Å². The summed E-state index contributed by atoms with van der Waals surface area (Å²) >= 11 is 0. The van der Waals surface area contributed by atoms with Crippen molar-refractivity contribution in [2.75, 3.05) is 17.7 Å². The van der Waals surface area contributed by atoms with Crippen LogP contribution in [0.4, 0.5) is 11.8 Å². The van der Waals surface area contributed by atoms with Gasteiger partial charge in [-0.2, -0.15) is 4.98 Å². The van der Waals surface area contributed by atoms with Crippen LogP contribution in [-0.4, -0.2) is 22.0 Å². The Hall–Kier alpha value is -2.17. The number of pyridine rings is 1. The smallest absolute Gasteiger partial charge is 0.224 e. The lowest BCUT2D eigenvalue weighted by Crippen LogP contribution is -2.05. The zero-order valence-corrected chi connectivity index (χ0v) is 9.94. The first-order valence-corrected chi connectivity index (χ1v) is 5.44. The number of nitrogens with zero attached hydrogens (tertiary/aromatic N) is 3. The van der Waals surface area contributed by atoms with Gasteiger partial charge in [0.25, 0.3) is 0 Å². The first-order valence-electron chi connectivity index (χ1n) is 5.44. The van der Waals surface area contributed by atoms with E-state index in [9.17, 15) is 0 Å². The molecule has 5 heteroatoms. The Morgan fingerprint density at radius 3 is 2.65 bits per heavy atom. The number of nitrogens with one attached hydrogen (secondary N) is 2. The number of aryl methyl sites for hydroxylation is 1. The van der Waals surface area contributed by atoms with Crippen LogP contribution in [0, 0.1) is 6.92 Å². The molecule has 2 N–H and O–H groups in total. The van der Waals surface area contributed by atoms with Crippen LogP contribution in [0.25, 0.3) is 0 Å². The predicted molar refractivity (Wildman–Crippen MR) is 67.9 cm³/mol. The van der Waals surface area contributed by atoms with Gasteiger partial charge in [0.2, 0.25) is 5.95 Å². The maximum atomic E-state index is 4.32. The van der Waals surface area contributed by atoms with E-state index in [4.69, 9.17) is 0 Å². The molecule has 0 aromatic carbocycles. The first-order chi connectivity index (χ1) is 8.28. The van der Waals surface area contributed by atoms with Crippen molar-refractivity contribution in [1.29, 1.82) is 0 Å². The van der Waals surface area contributed by atoms with Gasteiger partial charge in [0.1, 0.15) is 5.82 Å². The summed E-state index contributed by atoms with van der Waals surface area (Å²) in [7, 11) is 1.81. The average Bonchev–Trinajstić information content (AvgIpc) is 2.37. The van der Waals surface area contributed by atoms with Crippen molar-refractivity contribution in [1.82, 2.24) is 15.0 Å². The lowest BCUT2D eigenvalue weighted by Gasteiger charge is -2.08. The summed E-state index contributed by atoms with van der Waals surface area (Å²) < 4.78 is 0. The molecule has 2 aromatic rings. The quantitative estimate of drug-likeness (QED) is 0.837. The molecule has 88 valence electrons. The third-order valence-electron chi connectivity index (χ3n) is 2.30. The second kappa shape index (κ2) is 5.25. The van der Waals surface area contributed by atoms with E-state index in [2.05, 4.69) is 25.6 Å². The van der Waals surface area contributed by atoms with E-state index in [-0.39, 0.29) is 0 Å². The van der Waals surface area contributed by atoms with Crippen LogP contribution >= 0.6 is 0 Å². The number of rotatable bonds is 4. The molecule has 0 spiro atoms. The molecule has 2 rings (SSSR count). The fourth-order valence-electron chi connectivity index (χ4n) is 1.46. The fourth-order valence-corrected chi connectivity index (χ4v) is 1.46. The summed E-state index contributed by atoms with van der Waals surface area (Å²) in [5.74, 6) is 1.45. The van der Waals surface area contributed by atoms with Crippen molar-refractivity contribution < 1.29 is 0 Å². The topological polar surface area (TPSA) is 62.7 Å². The number of anilines is 2. The third-order valence-corrected chi connectivity index (χ3v) is 2.30. The van der Waals surface area contributed by atoms with Gasteiger partial charge in [-0.25, -0.2) is 4.98 Å². The number of hydrogen-bond donors (Lipinski definition) is 2. The lowest BCUT2D eigenvalue weighted by molar-refractivity contribution is 1.05.